The van der Waals surface area contributed by atoms with Crippen LogP contribution in [0.25, 0.3) is 0 Å². The van der Waals surface area contributed by atoms with E-state index in [1.54, 1.807) is 17.8 Å². The van der Waals surface area contributed by atoms with Gasteiger partial charge in [0.05, 0.1) is 11.3 Å². The van der Waals surface area contributed by atoms with Gasteiger partial charge in [0, 0.05) is 4.90 Å². The summed E-state index contributed by atoms with van der Waals surface area (Å²) in [6.45, 7) is 2.14. The number of para-hydroxylation sites is 1. The lowest BCUT2D eigenvalue weighted by Crippen LogP contribution is -2.13. The Bertz CT molecular complexity index is 352. The zero-order valence-electron chi connectivity index (χ0n) is 8.82. The highest BCUT2D eigenvalue weighted by molar-refractivity contribution is 7.99. The van der Waals surface area contributed by atoms with Crippen molar-refractivity contribution in [3.05, 3.63) is 23.8 Å². The number of thioether (sulfide) groups is 1. The number of primary amides is 1. The standard InChI is InChI=1S/C11H16N2OS/c1-2-3-7-15-9-6-4-5-8(10(9)12)11(13)14/h4-6H,2-3,7,12H2,1H3,(H2,13,14). The van der Waals surface area contributed by atoms with Crippen LogP contribution < -0.4 is 11.5 Å². The zero-order valence-corrected chi connectivity index (χ0v) is 9.64. The van der Waals surface area contributed by atoms with Gasteiger partial charge in [0.2, 0.25) is 0 Å². The second-order valence-electron chi connectivity index (χ2n) is 3.28. The first-order valence-corrected chi connectivity index (χ1v) is 5.96. The lowest BCUT2D eigenvalue weighted by Gasteiger charge is -2.07. The molecule has 0 saturated heterocycles. The molecule has 82 valence electrons. The molecule has 0 bridgehead atoms. The van der Waals surface area contributed by atoms with Crippen molar-refractivity contribution in [3.63, 3.8) is 0 Å². The highest BCUT2D eigenvalue weighted by atomic mass is 32.2. The molecule has 0 heterocycles. The quantitative estimate of drug-likeness (QED) is 0.458. The van der Waals surface area contributed by atoms with Gasteiger partial charge in [-0.25, -0.2) is 0 Å². The average molecular weight is 224 g/mol. The maximum Gasteiger partial charge on any atom is 0.250 e. The van der Waals surface area contributed by atoms with Gasteiger partial charge in [0.15, 0.2) is 0 Å². The van der Waals surface area contributed by atoms with Crippen molar-refractivity contribution in [2.45, 2.75) is 24.7 Å². The highest BCUT2D eigenvalue weighted by Gasteiger charge is 2.08. The Labute approximate surface area is 94.2 Å². The SMILES string of the molecule is CCCCSc1cccc(C(N)=O)c1N. The van der Waals surface area contributed by atoms with Crippen molar-refractivity contribution >= 4 is 23.4 Å². The van der Waals surface area contributed by atoms with Crippen molar-refractivity contribution in [1.29, 1.82) is 0 Å². The van der Waals surface area contributed by atoms with Crippen LogP contribution in [0.3, 0.4) is 0 Å². The number of benzene rings is 1. The lowest BCUT2D eigenvalue weighted by atomic mass is 10.2. The number of nitrogen functional groups attached to an aromatic ring is 1. The minimum atomic E-state index is -0.467. The maximum atomic E-state index is 11.0. The Kier molecular flexibility index (Phi) is 4.49. The van der Waals surface area contributed by atoms with E-state index < -0.39 is 5.91 Å². The van der Waals surface area contributed by atoms with Gasteiger partial charge in [0.25, 0.3) is 5.91 Å². The molecule has 0 aliphatic heterocycles. The summed E-state index contributed by atoms with van der Waals surface area (Å²) < 4.78 is 0. The van der Waals surface area contributed by atoms with E-state index in [0.29, 0.717) is 11.3 Å². The van der Waals surface area contributed by atoms with Crippen LogP contribution in [-0.4, -0.2) is 11.7 Å². The third-order valence-corrected chi connectivity index (χ3v) is 3.25. The second-order valence-corrected chi connectivity index (χ2v) is 4.42. The van der Waals surface area contributed by atoms with E-state index in [0.717, 1.165) is 23.5 Å². The predicted octanol–water partition coefficient (Wildman–Crippen LogP) is 2.26. The number of amides is 1. The highest BCUT2D eigenvalue weighted by Crippen LogP contribution is 2.28. The fraction of sp³-hybridized carbons (Fsp3) is 0.364. The molecule has 1 aromatic rings. The number of rotatable bonds is 5. The largest absolute Gasteiger partial charge is 0.397 e. The van der Waals surface area contributed by atoms with E-state index in [-0.39, 0.29) is 0 Å². The van der Waals surface area contributed by atoms with E-state index in [9.17, 15) is 4.79 Å². The Morgan fingerprint density at radius 2 is 2.20 bits per heavy atom. The van der Waals surface area contributed by atoms with Crippen LogP contribution in [0.1, 0.15) is 30.1 Å². The number of anilines is 1. The van der Waals surface area contributed by atoms with Crippen molar-refractivity contribution < 1.29 is 4.79 Å². The molecule has 3 nitrogen and oxygen atoms in total. The van der Waals surface area contributed by atoms with Crippen LogP contribution >= 0.6 is 11.8 Å². The van der Waals surface area contributed by atoms with Crippen molar-refractivity contribution in [3.8, 4) is 0 Å². The number of carbonyl (C=O) groups is 1. The summed E-state index contributed by atoms with van der Waals surface area (Å²) in [7, 11) is 0. The van der Waals surface area contributed by atoms with E-state index in [1.807, 2.05) is 12.1 Å². The number of carbonyl (C=O) groups excluding carboxylic acids is 1. The van der Waals surface area contributed by atoms with Crippen molar-refractivity contribution in [2.24, 2.45) is 5.73 Å². The molecule has 0 unspecified atom stereocenters. The van der Waals surface area contributed by atoms with E-state index in [2.05, 4.69) is 6.92 Å². The van der Waals surface area contributed by atoms with Crippen molar-refractivity contribution in [1.82, 2.24) is 0 Å². The topological polar surface area (TPSA) is 69.1 Å². The Morgan fingerprint density at radius 3 is 2.80 bits per heavy atom. The molecule has 1 rings (SSSR count). The van der Waals surface area contributed by atoms with E-state index in [1.165, 1.54) is 0 Å². The number of hydrogen-bond donors (Lipinski definition) is 2. The molecule has 4 heteroatoms. The molecular formula is C11H16N2OS. The summed E-state index contributed by atoms with van der Waals surface area (Å²) in [5.41, 5.74) is 12.0. The first kappa shape index (κ1) is 11.9. The Morgan fingerprint density at radius 1 is 1.47 bits per heavy atom. The van der Waals surface area contributed by atoms with Crippen LogP contribution in [-0.2, 0) is 0 Å². The molecule has 0 aliphatic carbocycles. The van der Waals surface area contributed by atoms with E-state index in [4.69, 9.17) is 11.5 Å². The minimum Gasteiger partial charge on any atom is -0.397 e. The molecule has 4 N–H and O–H groups in total. The number of unbranched alkanes of at least 4 members (excludes halogenated alkanes) is 1. The van der Waals surface area contributed by atoms with Gasteiger partial charge >= 0.3 is 0 Å². The summed E-state index contributed by atoms with van der Waals surface area (Å²) >= 11 is 1.67. The molecule has 0 radical (unpaired) electrons. The third-order valence-electron chi connectivity index (χ3n) is 2.09. The normalized spacial score (nSPS) is 10.2. The molecule has 0 spiro atoms. The average Bonchev–Trinajstić information content (AvgIpc) is 2.20. The summed E-state index contributed by atoms with van der Waals surface area (Å²) in [6.07, 6.45) is 2.30. The molecule has 0 saturated carbocycles. The molecule has 0 fully saturated rings. The zero-order chi connectivity index (χ0) is 11.3. The molecular weight excluding hydrogens is 208 g/mol. The lowest BCUT2D eigenvalue weighted by molar-refractivity contribution is 0.100. The molecule has 1 aromatic carbocycles. The van der Waals surface area contributed by atoms with Gasteiger partial charge < -0.3 is 11.5 Å². The van der Waals surface area contributed by atoms with Crippen LogP contribution in [0.15, 0.2) is 23.1 Å². The molecule has 0 aromatic heterocycles. The fourth-order valence-corrected chi connectivity index (χ4v) is 2.30. The summed E-state index contributed by atoms with van der Waals surface area (Å²) in [5, 5.41) is 0. The monoisotopic (exact) mass is 224 g/mol. The molecule has 0 aliphatic rings. The first-order chi connectivity index (χ1) is 7.16. The number of nitrogens with two attached hydrogens (primary N) is 2. The van der Waals surface area contributed by atoms with Gasteiger partial charge in [-0.1, -0.05) is 19.4 Å². The number of hydrogen-bond acceptors (Lipinski definition) is 3. The smallest absolute Gasteiger partial charge is 0.250 e. The summed E-state index contributed by atoms with van der Waals surface area (Å²) in [4.78, 5) is 12.0. The van der Waals surface area contributed by atoms with Crippen molar-refractivity contribution in [2.75, 3.05) is 11.5 Å². The predicted molar refractivity (Wildman–Crippen MR) is 65.0 cm³/mol. The first-order valence-electron chi connectivity index (χ1n) is 4.98. The maximum absolute atomic E-state index is 11.0. The van der Waals surface area contributed by atoms with Crippen LogP contribution in [0.4, 0.5) is 5.69 Å². The van der Waals surface area contributed by atoms with Gasteiger partial charge in [-0.3, -0.25) is 4.79 Å². The molecule has 15 heavy (non-hydrogen) atoms. The molecule has 1 amide bonds. The second kappa shape index (κ2) is 5.66. The van der Waals surface area contributed by atoms with Crippen LogP contribution in [0.2, 0.25) is 0 Å². The van der Waals surface area contributed by atoms with Gasteiger partial charge in [-0.05, 0) is 24.3 Å². The molecule has 0 atom stereocenters. The van der Waals surface area contributed by atoms with Gasteiger partial charge in [0.1, 0.15) is 0 Å². The minimum absolute atomic E-state index is 0.413. The van der Waals surface area contributed by atoms with Gasteiger partial charge in [-0.15, -0.1) is 11.8 Å². The third kappa shape index (κ3) is 3.16. The van der Waals surface area contributed by atoms with Crippen LogP contribution in [0, 0.1) is 0 Å². The summed E-state index contributed by atoms with van der Waals surface area (Å²) in [6, 6.07) is 5.38. The van der Waals surface area contributed by atoms with E-state index >= 15 is 0 Å². The van der Waals surface area contributed by atoms with Crippen LogP contribution in [0.5, 0.6) is 0 Å². The Balaban J connectivity index is 2.80. The van der Waals surface area contributed by atoms with Gasteiger partial charge in [-0.2, -0.15) is 0 Å². The fourth-order valence-electron chi connectivity index (χ4n) is 1.21. The Hall–Kier alpha value is -1.16. The summed E-state index contributed by atoms with van der Waals surface area (Å²) in [5.74, 6) is 0.550.